The van der Waals surface area contributed by atoms with E-state index in [9.17, 15) is 8.42 Å². The molecule has 0 bridgehead atoms. The normalized spacial score (nSPS) is 25.6. The number of rotatable bonds is 1. The van der Waals surface area contributed by atoms with Crippen molar-refractivity contribution in [3.05, 3.63) is 29.8 Å². The molecule has 1 aromatic rings. The van der Waals surface area contributed by atoms with Gasteiger partial charge in [0.2, 0.25) is 0 Å². The van der Waals surface area contributed by atoms with Crippen LogP contribution in [0.5, 0.6) is 0 Å². The van der Waals surface area contributed by atoms with Crippen LogP contribution in [-0.2, 0) is 9.84 Å². The van der Waals surface area contributed by atoms with Crippen molar-refractivity contribution < 1.29 is 8.42 Å². The van der Waals surface area contributed by atoms with Crippen molar-refractivity contribution in [3.63, 3.8) is 0 Å². The molecular weight excluding hydrogens is 210 g/mol. The zero-order chi connectivity index (χ0) is 11.1. The molecule has 2 N–H and O–H groups in total. The van der Waals surface area contributed by atoms with E-state index in [4.69, 9.17) is 5.73 Å². The SMILES string of the molecule is CC(N)C1CCS(=O)(=O)c2ccccc21. The Hall–Kier alpha value is -0.870. The zero-order valence-corrected chi connectivity index (χ0v) is 9.50. The zero-order valence-electron chi connectivity index (χ0n) is 8.68. The molecule has 0 saturated heterocycles. The first-order valence-corrected chi connectivity index (χ1v) is 6.75. The van der Waals surface area contributed by atoms with E-state index in [0.29, 0.717) is 11.3 Å². The number of benzene rings is 1. The molecule has 3 nitrogen and oxygen atoms in total. The van der Waals surface area contributed by atoms with Crippen LogP contribution in [0.15, 0.2) is 29.2 Å². The largest absolute Gasteiger partial charge is 0.327 e. The molecule has 0 aliphatic carbocycles. The summed E-state index contributed by atoms with van der Waals surface area (Å²) >= 11 is 0. The Kier molecular flexibility index (Phi) is 2.56. The van der Waals surface area contributed by atoms with Crippen molar-refractivity contribution in [2.45, 2.75) is 30.2 Å². The van der Waals surface area contributed by atoms with Crippen molar-refractivity contribution >= 4 is 9.84 Å². The molecule has 4 heteroatoms. The molecule has 1 heterocycles. The van der Waals surface area contributed by atoms with E-state index < -0.39 is 9.84 Å². The van der Waals surface area contributed by atoms with Gasteiger partial charge < -0.3 is 5.73 Å². The predicted octanol–water partition coefficient (Wildman–Crippen LogP) is 1.29. The van der Waals surface area contributed by atoms with Crippen LogP contribution in [0.3, 0.4) is 0 Å². The molecule has 0 fully saturated rings. The average molecular weight is 225 g/mol. The minimum atomic E-state index is -3.06. The third-order valence-electron chi connectivity index (χ3n) is 2.99. The molecule has 2 rings (SSSR count). The maximum absolute atomic E-state index is 11.8. The molecule has 1 aliphatic rings. The second-order valence-corrected chi connectivity index (χ2v) is 6.19. The van der Waals surface area contributed by atoms with Gasteiger partial charge in [0.15, 0.2) is 9.84 Å². The topological polar surface area (TPSA) is 60.2 Å². The molecule has 2 unspecified atom stereocenters. The van der Waals surface area contributed by atoms with Gasteiger partial charge in [-0.05, 0) is 25.0 Å². The molecule has 2 atom stereocenters. The summed E-state index contributed by atoms with van der Waals surface area (Å²) in [5.74, 6) is 0.390. The monoisotopic (exact) mass is 225 g/mol. The van der Waals surface area contributed by atoms with Crippen molar-refractivity contribution in [2.75, 3.05) is 5.75 Å². The van der Waals surface area contributed by atoms with Crippen LogP contribution in [0.1, 0.15) is 24.8 Å². The number of fused-ring (bicyclic) bond motifs is 1. The van der Waals surface area contributed by atoms with E-state index in [2.05, 4.69) is 0 Å². The van der Waals surface area contributed by atoms with Crippen molar-refractivity contribution in [1.82, 2.24) is 0 Å². The van der Waals surface area contributed by atoms with Crippen LogP contribution < -0.4 is 5.73 Å². The lowest BCUT2D eigenvalue weighted by molar-refractivity contribution is 0.517. The summed E-state index contributed by atoms with van der Waals surface area (Å²) < 4.78 is 23.6. The predicted molar refractivity (Wildman–Crippen MR) is 59.5 cm³/mol. The summed E-state index contributed by atoms with van der Waals surface area (Å²) in [4.78, 5) is 0.471. The highest BCUT2D eigenvalue weighted by Gasteiger charge is 2.31. The summed E-state index contributed by atoms with van der Waals surface area (Å²) in [5.41, 5.74) is 6.76. The molecule has 1 aliphatic heterocycles. The van der Waals surface area contributed by atoms with Crippen LogP contribution in [0, 0.1) is 0 Å². The van der Waals surface area contributed by atoms with E-state index in [1.54, 1.807) is 12.1 Å². The van der Waals surface area contributed by atoms with E-state index in [-0.39, 0.29) is 17.7 Å². The first kappa shape index (κ1) is 10.6. The highest BCUT2D eigenvalue weighted by molar-refractivity contribution is 7.91. The Labute approximate surface area is 90.2 Å². The van der Waals surface area contributed by atoms with Gasteiger partial charge in [-0.25, -0.2) is 8.42 Å². The van der Waals surface area contributed by atoms with Crippen molar-refractivity contribution in [1.29, 1.82) is 0 Å². The van der Waals surface area contributed by atoms with Crippen LogP contribution in [-0.4, -0.2) is 20.2 Å². The van der Waals surface area contributed by atoms with Gasteiger partial charge in [-0.15, -0.1) is 0 Å². The summed E-state index contributed by atoms with van der Waals surface area (Å²) in [6.07, 6.45) is 0.636. The van der Waals surface area contributed by atoms with Gasteiger partial charge in [0.25, 0.3) is 0 Å². The third kappa shape index (κ3) is 1.79. The fourth-order valence-corrected chi connectivity index (χ4v) is 3.81. The Bertz CT molecular complexity index is 465. The van der Waals surface area contributed by atoms with Crippen LogP contribution >= 0.6 is 0 Å². The number of hydrogen-bond acceptors (Lipinski definition) is 3. The van der Waals surface area contributed by atoms with Crippen molar-refractivity contribution in [2.24, 2.45) is 5.73 Å². The first-order chi connectivity index (χ1) is 7.02. The summed E-state index contributed by atoms with van der Waals surface area (Å²) in [6.45, 7) is 1.93. The molecule has 0 amide bonds. The minimum Gasteiger partial charge on any atom is -0.327 e. The van der Waals surface area contributed by atoms with E-state index in [0.717, 1.165) is 5.56 Å². The third-order valence-corrected chi connectivity index (χ3v) is 4.80. The highest BCUT2D eigenvalue weighted by atomic mass is 32.2. The Balaban J connectivity index is 2.59. The Morgan fingerprint density at radius 3 is 2.73 bits per heavy atom. The maximum atomic E-state index is 11.8. The maximum Gasteiger partial charge on any atom is 0.178 e. The fourth-order valence-electron chi connectivity index (χ4n) is 2.16. The number of sulfone groups is 1. The van der Waals surface area contributed by atoms with E-state index in [1.807, 2.05) is 19.1 Å². The smallest absolute Gasteiger partial charge is 0.178 e. The molecule has 82 valence electrons. The molecule has 0 aromatic heterocycles. The number of hydrogen-bond donors (Lipinski definition) is 1. The molecule has 15 heavy (non-hydrogen) atoms. The summed E-state index contributed by atoms with van der Waals surface area (Å²) in [7, 11) is -3.06. The number of nitrogens with two attached hydrogens (primary N) is 1. The standard InChI is InChI=1S/C11H15NO2S/c1-8(12)9-6-7-15(13,14)11-5-3-2-4-10(9)11/h2-5,8-9H,6-7,12H2,1H3. The van der Waals surface area contributed by atoms with E-state index in [1.165, 1.54) is 0 Å². The first-order valence-electron chi connectivity index (χ1n) is 5.09. The molecule has 1 aromatic carbocycles. The molecular formula is C11H15NO2S. The van der Waals surface area contributed by atoms with Gasteiger partial charge in [0.1, 0.15) is 0 Å². The summed E-state index contributed by atoms with van der Waals surface area (Å²) in [6, 6.07) is 7.19. The summed E-state index contributed by atoms with van der Waals surface area (Å²) in [5, 5.41) is 0. The van der Waals surface area contributed by atoms with Crippen molar-refractivity contribution in [3.8, 4) is 0 Å². The average Bonchev–Trinajstić information content (AvgIpc) is 2.17. The lowest BCUT2D eigenvalue weighted by Crippen LogP contribution is -2.31. The molecule has 0 spiro atoms. The minimum absolute atomic E-state index is 0.00153. The quantitative estimate of drug-likeness (QED) is 0.783. The van der Waals surface area contributed by atoms with Gasteiger partial charge in [-0.1, -0.05) is 18.2 Å². The fraction of sp³-hybridized carbons (Fsp3) is 0.455. The van der Waals surface area contributed by atoms with Crippen LogP contribution in [0.4, 0.5) is 0 Å². The second-order valence-electron chi connectivity index (χ2n) is 4.11. The van der Waals surface area contributed by atoms with Crippen LogP contribution in [0.25, 0.3) is 0 Å². The van der Waals surface area contributed by atoms with Gasteiger partial charge >= 0.3 is 0 Å². The van der Waals surface area contributed by atoms with Gasteiger partial charge in [-0.3, -0.25) is 0 Å². The molecule has 0 radical (unpaired) electrons. The Morgan fingerprint density at radius 1 is 1.40 bits per heavy atom. The Morgan fingerprint density at radius 2 is 2.07 bits per heavy atom. The van der Waals surface area contributed by atoms with Gasteiger partial charge in [0, 0.05) is 12.0 Å². The van der Waals surface area contributed by atoms with Crippen LogP contribution in [0.2, 0.25) is 0 Å². The second kappa shape index (κ2) is 3.61. The van der Waals surface area contributed by atoms with E-state index >= 15 is 0 Å². The lowest BCUT2D eigenvalue weighted by Gasteiger charge is -2.27. The molecule has 0 saturated carbocycles. The highest BCUT2D eigenvalue weighted by Crippen LogP contribution is 2.34. The van der Waals surface area contributed by atoms with Gasteiger partial charge in [0.05, 0.1) is 10.6 Å². The van der Waals surface area contributed by atoms with Gasteiger partial charge in [-0.2, -0.15) is 0 Å². The lowest BCUT2D eigenvalue weighted by atomic mass is 9.90.